The first-order valence-corrected chi connectivity index (χ1v) is 12.8. The van der Waals surface area contributed by atoms with Gasteiger partial charge in [0, 0.05) is 24.0 Å². The normalized spacial score (nSPS) is 17.3. The summed E-state index contributed by atoms with van der Waals surface area (Å²) in [5, 5.41) is 8.50. The van der Waals surface area contributed by atoms with Crippen LogP contribution in [0.2, 0.25) is 5.02 Å². The minimum absolute atomic E-state index is 0.151. The molecule has 2 aromatic carbocycles. The Hall–Kier alpha value is -3.08. The van der Waals surface area contributed by atoms with Crippen LogP contribution in [0.4, 0.5) is 0 Å². The quantitative estimate of drug-likeness (QED) is 0.452. The summed E-state index contributed by atoms with van der Waals surface area (Å²) >= 11 is 6.01. The third-order valence-electron chi connectivity index (χ3n) is 6.05. The molecular formula is C23H23ClN6O3S. The number of aromatic amines is 1. The van der Waals surface area contributed by atoms with Gasteiger partial charge in [-0.3, -0.25) is 4.79 Å². The minimum atomic E-state index is -3.72. The molecule has 2 aromatic heterocycles. The summed E-state index contributed by atoms with van der Waals surface area (Å²) in [7, 11) is -3.72. The van der Waals surface area contributed by atoms with E-state index in [4.69, 9.17) is 11.6 Å². The molecule has 1 atom stereocenters. The van der Waals surface area contributed by atoms with Gasteiger partial charge in [-0.2, -0.15) is 4.31 Å². The number of aromatic nitrogens is 5. The number of hydrogen-bond donors (Lipinski definition) is 1. The summed E-state index contributed by atoms with van der Waals surface area (Å²) in [6, 6.07) is 14.2. The number of hydrogen-bond acceptors (Lipinski definition) is 6. The smallest absolute Gasteiger partial charge is 0.281 e. The molecule has 0 bridgehead atoms. The van der Waals surface area contributed by atoms with E-state index < -0.39 is 10.0 Å². The molecule has 1 saturated heterocycles. The molecule has 0 aliphatic carbocycles. The number of piperidine rings is 1. The summed E-state index contributed by atoms with van der Waals surface area (Å²) in [5.41, 5.74) is 2.32. The first-order valence-electron chi connectivity index (χ1n) is 11.0. The Morgan fingerprint density at radius 2 is 1.97 bits per heavy atom. The predicted molar refractivity (Wildman–Crippen MR) is 128 cm³/mol. The molecule has 0 amide bonds. The molecule has 1 unspecified atom stereocenters. The summed E-state index contributed by atoms with van der Waals surface area (Å²) in [6.45, 7) is 3.04. The van der Waals surface area contributed by atoms with Crippen molar-refractivity contribution in [3.05, 3.63) is 80.9 Å². The van der Waals surface area contributed by atoms with Gasteiger partial charge in [-0.15, -0.1) is 5.10 Å². The van der Waals surface area contributed by atoms with Crippen LogP contribution in [0.5, 0.6) is 0 Å². The predicted octanol–water partition coefficient (Wildman–Crippen LogP) is 3.09. The number of H-pyrrole nitrogens is 1. The van der Waals surface area contributed by atoms with Gasteiger partial charge in [0.05, 0.1) is 11.4 Å². The van der Waals surface area contributed by atoms with Crippen LogP contribution in [0, 0.1) is 6.92 Å². The molecular weight excluding hydrogens is 476 g/mol. The molecule has 1 N–H and O–H groups in total. The minimum Gasteiger partial charge on any atom is -0.308 e. The zero-order chi connectivity index (χ0) is 23.9. The van der Waals surface area contributed by atoms with Gasteiger partial charge in [-0.05, 0) is 43.5 Å². The second-order valence-electron chi connectivity index (χ2n) is 8.52. The second-order valence-corrected chi connectivity index (χ2v) is 10.9. The Bertz CT molecular complexity index is 1510. The molecule has 3 heterocycles. The molecule has 1 aliphatic rings. The molecule has 5 rings (SSSR count). The maximum Gasteiger partial charge on any atom is 0.281 e. The summed E-state index contributed by atoms with van der Waals surface area (Å²) in [4.78, 5) is 20.4. The molecule has 11 heteroatoms. The van der Waals surface area contributed by atoms with Gasteiger partial charge >= 0.3 is 0 Å². The number of benzene rings is 2. The van der Waals surface area contributed by atoms with E-state index >= 15 is 0 Å². The highest BCUT2D eigenvalue weighted by Gasteiger charge is 2.32. The molecule has 34 heavy (non-hydrogen) atoms. The number of aryl methyl sites for hydroxylation is 1. The van der Waals surface area contributed by atoms with Crippen LogP contribution in [0.1, 0.15) is 35.7 Å². The highest BCUT2D eigenvalue weighted by molar-refractivity contribution is 7.89. The molecule has 0 radical (unpaired) electrons. The van der Waals surface area contributed by atoms with Crippen LogP contribution in [0.3, 0.4) is 0 Å². The molecule has 0 spiro atoms. The third-order valence-corrected chi connectivity index (χ3v) is 8.15. The van der Waals surface area contributed by atoms with Gasteiger partial charge in [0.1, 0.15) is 5.82 Å². The maximum atomic E-state index is 13.2. The molecule has 1 fully saturated rings. The van der Waals surface area contributed by atoms with Crippen LogP contribution >= 0.6 is 11.6 Å². The van der Waals surface area contributed by atoms with Crippen LogP contribution < -0.4 is 5.56 Å². The van der Waals surface area contributed by atoms with Gasteiger partial charge in [-0.25, -0.2) is 18.1 Å². The van der Waals surface area contributed by atoms with Crippen molar-refractivity contribution in [2.24, 2.45) is 0 Å². The highest BCUT2D eigenvalue weighted by atomic mass is 35.5. The first-order chi connectivity index (χ1) is 16.3. The Balaban J connectivity index is 1.45. The fourth-order valence-electron chi connectivity index (χ4n) is 4.21. The van der Waals surface area contributed by atoms with Crippen molar-refractivity contribution in [1.82, 2.24) is 29.3 Å². The Morgan fingerprint density at radius 3 is 2.74 bits per heavy atom. The lowest BCUT2D eigenvalue weighted by molar-refractivity contribution is 0.309. The summed E-state index contributed by atoms with van der Waals surface area (Å²) < 4.78 is 29.4. The molecule has 0 saturated carbocycles. The average Bonchev–Trinajstić information content (AvgIpc) is 3.24. The summed E-state index contributed by atoms with van der Waals surface area (Å²) in [6.07, 6.45) is 1.35. The van der Waals surface area contributed by atoms with E-state index in [-0.39, 0.29) is 28.4 Å². The Labute approximate surface area is 201 Å². The number of nitrogens with zero attached hydrogens (tertiary/aromatic N) is 5. The third kappa shape index (κ3) is 4.36. The topological polar surface area (TPSA) is 114 Å². The van der Waals surface area contributed by atoms with E-state index in [9.17, 15) is 13.2 Å². The van der Waals surface area contributed by atoms with E-state index in [1.165, 1.54) is 16.4 Å². The fourth-order valence-corrected chi connectivity index (χ4v) is 6.04. The lowest BCUT2D eigenvalue weighted by atomic mass is 9.99. The standard InChI is InChI=1S/C23H23ClN6O3S/c1-15-7-9-16(10-8-15)13-30-22-20(27-28-30)23(31)26-21(25-22)17-4-3-11-29(14-17)34(32,33)19-6-2-5-18(24)12-19/h2,5-10,12,17H,3-4,11,13-14H2,1H3,(H,25,26,31). The van der Waals surface area contributed by atoms with E-state index in [0.717, 1.165) is 11.1 Å². The number of rotatable bonds is 5. The van der Waals surface area contributed by atoms with E-state index in [2.05, 4.69) is 20.3 Å². The number of fused-ring (bicyclic) bond motifs is 1. The number of halogens is 1. The van der Waals surface area contributed by atoms with E-state index in [0.29, 0.717) is 42.4 Å². The molecule has 9 nitrogen and oxygen atoms in total. The van der Waals surface area contributed by atoms with Crippen molar-refractivity contribution in [3.63, 3.8) is 0 Å². The fraction of sp³-hybridized carbons (Fsp3) is 0.304. The zero-order valence-electron chi connectivity index (χ0n) is 18.5. The van der Waals surface area contributed by atoms with Crippen molar-refractivity contribution in [3.8, 4) is 0 Å². The van der Waals surface area contributed by atoms with Crippen molar-refractivity contribution in [1.29, 1.82) is 0 Å². The van der Waals surface area contributed by atoms with Gasteiger partial charge < -0.3 is 4.98 Å². The zero-order valence-corrected chi connectivity index (χ0v) is 20.1. The SMILES string of the molecule is Cc1ccc(Cn2nnc3c(=O)[nH]c(C4CCCN(S(=O)(=O)c5cccc(Cl)c5)C4)nc32)cc1. The van der Waals surface area contributed by atoms with Gasteiger partial charge in [-0.1, -0.05) is 52.7 Å². The monoisotopic (exact) mass is 498 g/mol. The van der Waals surface area contributed by atoms with Crippen LogP contribution in [0.25, 0.3) is 11.2 Å². The number of nitrogens with one attached hydrogen (secondary N) is 1. The summed E-state index contributed by atoms with van der Waals surface area (Å²) in [5.74, 6) is 0.179. The van der Waals surface area contributed by atoms with Crippen LogP contribution in [-0.4, -0.2) is 50.8 Å². The van der Waals surface area contributed by atoms with Crippen molar-refractivity contribution < 1.29 is 8.42 Å². The molecule has 4 aromatic rings. The van der Waals surface area contributed by atoms with Gasteiger partial charge in [0.2, 0.25) is 10.0 Å². The van der Waals surface area contributed by atoms with E-state index in [1.807, 2.05) is 31.2 Å². The lowest BCUT2D eigenvalue weighted by Crippen LogP contribution is -2.39. The van der Waals surface area contributed by atoms with Gasteiger partial charge in [0.15, 0.2) is 11.2 Å². The van der Waals surface area contributed by atoms with Gasteiger partial charge in [0.25, 0.3) is 5.56 Å². The largest absolute Gasteiger partial charge is 0.308 e. The molecule has 1 aliphatic heterocycles. The average molecular weight is 499 g/mol. The van der Waals surface area contributed by atoms with Crippen molar-refractivity contribution in [2.75, 3.05) is 13.1 Å². The van der Waals surface area contributed by atoms with Crippen LogP contribution in [-0.2, 0) is 16.6 Å². The number of sulfonamides is 1. The van der Waals surface area contributed by atoms with Crippen LogP contribution in [0.15, 0.2) is 58.2 Å². The lowest BCUT2D eigenvalue weighted by Gasteiger charge is -2.31. The van der Waals surface area contributed by atoms with Crippen molar-refractivity contribution in [2.45, 2.75) is 37.1 Å². The maximum absolute atomic E-state index is 13.2. The first kappa shape index (κ1) is 22.7. The molecule has 176 valence electrons. The Kier molecular flexibility index (Phi) is 5.97. The van der Waals surface area contributed by atoms with Crippen molar-refractivity contribution >= 4 is 32.8 Å². The second kappa shape index (κ2) is 8.94. The van der Waals surface area contributed by atoms with E-state index in [1.54, 1.807) is 16.8 Å². The highest BCUT2D eigenvalue weighted by Crippen LogP contribution is 2.29. The Morgan fingerprint density at radius 1 is 1.18 bits per heavy atom.